The van der Waals surface area contributed by atoms with Gasteiger partial charge in [0.05, 0.1) is 0 Å². The van der Waals surface area contributed by atoms with Crippen molar-refractivity contribution in [2.75, 3.05) is 13.1 Å². The monoisotopic (exact) mass is 167 g/mol. The van der Waals surface area contributed by atoms with Crippen molar-refractivity contribution in [1.29, 1.82) is 0 Å². The Morgan fingerprint density at radius 1 is 1.33 bits per heavy atom. The van der Waals surface area contributed by atoms with Crippen molar-refractivity contribution in [1.82, 2.24) is 4.90 Å². The van der Waals surface area contributed by atoms with Crippen LogP contribution < -0.4 is 0 Å². The Bertz CT molecular complexity index is 140. The van der Waals surface area contributed by atoms with Gasteiger partial charge >= 0.3 is 0 Å². The van der Waals surface area contributed by atoms with Gasteiger partial charge in [0.2, 0.25) is 0 Å². The third-order valence-electron chi connectivity index (χ3n) is 2.62. The number of hydrogen-bond donors (Lipinski definition) is 0. The predicted octanol–water partition coefficient (Wildman–Crippen LogP) is 3.18. The van der Waals surface area contributed by atoms with E-state index in [2.05, 4.69) is 18.4 Å². The molecule has 0 spiro atoms. The smallest absolute Gasteiger partial charge is 0.0174 e. The van der Waals surface area contributed by atoms with Gasteiger partial charge in [-0.1, -0.05) is 26.3 Å². The first-order chi connectivity index (χ1) is 5.84. The van der Waals surface area contributed by atoms with E-state index in [0.29, 0.717) is 0 Å². The number of nitrogens with zero attached hydrogens (tertiary/aromatic N) is 1. The molecule has 12 heavy (non-hydrogen) atoms. The van der Waals surface area contributed by atoms with E-state index in [-0.39, 0.29) is 0 Å². The first-order valence-electron chi connectivity index (χ1n) is 5.27. The van der Waals surface area contributed by atoms with Crippen LogP contribution in [0.1, 0.15) is 45.4 Å². The lowest BCUT2D eigenvalue weighted by Gasteiger charge is -2.24. The Hall–Kier alpha value is -0.460. The first-order valence-corrected chi connectivity index (χ1v) is 5.27. The zero-order chi connectivity index (χ0) is 8.81. The highest BCUT2D eigenvalue weighted by atomic mass is 15.1. The molecule has 1 saturated heterocycles. The second-order valence-electron chi connectivity index (χ2n) is 3.72. The van der Waals surface area contributed by atoms with E-state index in [1.54, 1.807) is 0 Å². The molecule has 0 radical (unpaired) electrons. The number of unbranched alkanes of at least 4 members (excludes halogenated alkanes) is 1. The molecular formula is C11H21N. The van der Waals surface area contributed by atoms with Crippen LogP contribution in [0.15, 0.2) is 12.3 Å². The molecule has 0 N–H and O–H groups in total. The van der Waals surface area contributed by atoms with Gasteiger partial charge in [0.15, 0.2) is 0 Å². The second kappa shape index (κ2) is 5.23. The van der Waals surface area contributed by atoms with Gasteiger partial charge < -0.3 is 4.90 Å². The normalized spacial score (nSPS) is 19.4. The molecule has 0 aromatic heterocycles. The summed E-state index contributed by atoms with van der Waals surface area (Å²) in [5, 5.41) is 0. The molecular weight excluding hydrogens is 146 g/mol. The fraction of sp³-hybridized carbons (Fsp3) is 0.818. The Morgan fingerprint density at radius 3 is 2.92 bits per heavy atom. The van der Waals surface area contributed by atoms with Crippen LogP contribution in [0.2, 0.25) is 0 Å². The molecule has 0 aliphatic carbocycles. The molecule has 0 unspecified atom stereocenters. The summed E-state index contributed by atoms with van der Waals surface area (Å²) >= 11 is 0. The highest BCUT2D eigenvalue weighted by Crippen LogP contribution is 2.18. The molecule has 0 atom stereocenters. The van der Waals surface area contributed by atoms with E-state index in [4.69, 9.17) is 0 Å². The molecule has 0 aromatic rings. The minimum Gasteiger partial charge on any atom is -0.375 e. The minimum absolute atomic E-state index is 1.23. The SMILES string of the molecule is C=C1CCCCCN1CCCC. The van der Waals surface area contributed by atoms with Crippen LogP contribution in [0, 0.1) is 0 Å². The molecule has 1 rings (SSSR count). The van der Waals surface area contributed by atoms with Crippen molar-refractivity contribution in [2.24, 2.45) is 0 Å². The van der Waals surface area contributed by atoms with Gasteiger partial charge in [0, 0.05) is 18.8 Å². The summed E-state index contributed by atoms with van der Waals surface area (Å²) in [6.07, 6.45) is 7.94. The van der Waals surface area contributed by atoms with E-state index >= 15 is 0 Å². The van der Waals surface area contributed by atoms with Crippen LogP contribution in [0.4, 0.5) is 0 Å². The summed E-state index contributed by atoms with van der Waals surface area (Å²) in [4.78, 5) is 2.48. The molecule has 1 aliphatic rings. The summed E-state index contributed by atoms with van der Waals surface area (Å²) in [6.45, 7) is 8.87. The summed E-state index contributed by atoms with van der Waals surface area (Å²) in [5.41, 5.74) is 1.38. The molecule has 1 aliphatic heterocycles. The van der Waals surface area contributed by atoms with E-state index in [9.17, 15) is 0 Å². The van der Waals surface area contributed by atoms with Gasteiger partial charge in [0.1, 0.15) is 0 Å². The lowest BCUT2D eigenvalue weighted by molar-refractivity contribution is 0.339. The standard InChI is InChI=1S/C11H21N/c1-3-4-9-12-10-7-5-6-8-11(12)2/h2-10H2,1H3. The van der Waals surface area contributed by atoms with Crippen LogP contribution in [0.5, 0.6) is 0 Å². The van der Waals surface area contributed by atoms with Crippen molar-refractivity contribution in [2.45, 2.75) is 45.4 Å². The van der Waals surface area contributed by atoms with Gasteiger partial charge in [-0.3, -0.25) is 0 Å². The highest BCUT2D eigenvalue weighted by Gasteiger charge is 2.09. The number of likely N-dealkylation sites (tertiary alicyclic amines) is 1. The lowest BCUT2D eigenvalue weighted by atomic mass is 10.2. The van der Waals surface area contributed by atoms with Crippen LogP contribution in [-0.4, -0.2) is 18.0 Å². The molecule has 1 nitrogen and oxygen atoms in total. The zero-order valence-corrected chi connectivity index (χ0v) is 8.31. The van der Waals surface area contributed by atoms with E-state index in [1.807, 2.05) is 0 Å². The van der Waals surface area contributed by atoms with Gasteiger partial charge in [0.25, 0.3) is 0 Å². The quantitative estimate of drug-likeness (QED) is 0.624. The maximum Gasteiger partial charge on any atom is 0.0174 e. The maximum absolute atomic E-state index is 4.13. The van der Waals surface area contributed by atoms with Gasteiger partial charge in [-0.2, -0.15) is 0 Å². The largest absolute Gasteiger partial charge is 0.375 e. The van der Waals surface area contributed by atoms with Crippen LogP contribution in [-0.2, 0) is 0 Å². The average molecular weight is 167 g/mol. The molecule has 0 aromatic carbocycles. The van der Waals surface area contributed by atoms with Crippen molar-refractivity contribution in [3.05, 3.63) is 12.3 Å². The van der Waals surface area contributed by atoms with Crippen molar-refractivity contribution < 1.29 is 0 Å². The summed E-state index contributed by atoms with van der Waals surface area (Å²) in [7, 11) is 0. The molecule has 0 bridgehead atoms. The lowest BCUT2D eigenvalue weighted by Crippen LogP contribution is -2.23. The first kappa shape index (κ1) is 9.63. The van der Waals surface area contributed by atoms with E-state index < -0.39 is 0 Å². The predicted molar refractivity (Wildman–Crippen MR) is 54.1 cm³/mol. The maximum atomic E-state index is 4.13. The molecule has 0 saturated carbocycles. The second-order valence-corrected chi connectivity index (χ2v) is 3.72. The Morgan fingerprint density at radius 2 is 2.17 bits per heavy atom. The minimum atomic E-state index is 1.23. The Labute approximate surface area is 76.5 Å². The topological polar surface area (TPSA) is 3.24 Å². The van der Waals surface area contributed by atoms with Crippen LogP contribution in [0.25, 0.3) is 0 Å². The fourth-order valence-electron chi connectivity index (χ4n) is 1.74. The van der Waals surface area contributed by atoms with Crippen LogP contribution >= 0.6 is 0 Å². The van der Waals surface area contributed by atoms with Gasteiger partial charge in [-0.05, 0) is 25.7 Å². The molecule has 1 heteroatoms. The third-order valence-corrected chi connectivity index (χ3v) is 2.62. The third kappa shape index (κ3) is 2.88. The van der Waals surface area contributed by atoms with E-state index in [1.165, 1.54) is 57.3 Å². The summed E-state index contributed by atoms with van der Waals surface area (Å²) < 4.78 is 0. The molecule has 1 fully saturated rings. The van der Waals surface area contributed by atoms with Crippen LogP contribution in [0.3, 0.4) is 0 Å². The highest BCUT2D eigenvalue weighted by molar-refractivity contribution is 4.95. The van der Waals surface area contributed by atoms with E-state index in [0.717, 1.165) is 0 Å². The van der Waals surface area contributed by atoms with Crippen molar-refractivity contribution >= 4 is 0 Å². The number of hydrogen-bond acceptors (Lipinski definition) is 1. The summed E-state index contributed by atoms with van der Waals surface area (Å²) in [6, 6.07) is 0. The number of allylic oxidation sites excluding steroid dienone is 1. The zero-order valence-electron chi connectivity index (χ0n) is 8.31. The van der Waals surface area contributed by atoms with Gasteiger partial charge in [-0.25, -0.2) is 0 Å². The molecule has 0 amide bonds. The molecule has 70 valence electrons. The van der Waals surface area contributed by atoms with Crippen molar-refractivity contribution in [3.8, 4) is 0 Å². The van der Waals surface area contributed by atoms with Gasteiger partial charge in [-0.15, -0.1) is 0 Å². The molecule has 1 heterocycles. The number of rotatable bonds is 3. The fourth-order valence-corrected chi connectivity index (χ4v) is 1.74. The average Bonchev–Trinajstić information content (AvgIpc) is 2.27. The Kier molecular flexibility index (Phi) is 4.20. The van der Waals surface area contributed by atoms with Crippen molar-refractivity contribution in [3.63, 3.8) is 0 Å². The summed E-state index contributed by atoms with van der Waals surface area (Å²) in [5.74, 6) is 0. The Balaban J connectivity index is 2.31.